The summed E-state index contributed by atoms with van der Waals surface area (Å²) in [6.07, 6.45) is 17.5. The molecule has 80 heavy (non-hydrogen) atoms. The standard InChI is InChI=1S/2C29H28N10O/c1-29(31,23-6-4-3-5-7-23)28(40)38-12-10-37(11-13-38)25-9-8-20(15-32-25)26-27-21(14-30)16-34-39(27)19-24(35-26)22-17-33-36(2)18-22;1-36-18-23(17-33-36)25-19-39-28(22(13-30)16-34-39)27(35-25)21-7-8-26(32-15-21)37-9-11-38(12-10-37)29(40)24(14-31)20-5-3-2-4-6-20/h3-9,15-19H,10-13,31H2,1-2H3;2-8,15-19,24H,9-12,14,31H2,1H3/t29-;24-/m10/s1. The monoisotopic (exact) mass is 1060 g/mol. The molecule has 2 saturated heterocycles. The van der Waals surface area contributed by atoms with Crippen molar-refractivity contribution in [1.29, 1.82) is 10.5 Å². The number of aryl methyl sites for hydroxylation is 2. The van der Waals surface area contributed by atoms with Crippen LogP contribution in [-0.4, -0.2) is 139 Å². The third-order valence-electron chi connectivity index (χ3n) is 14.6. The average molecular weight is 1070 g/mol. The van der Waals surface area contributed by atoms with Gasteiger partial charge in [-0.3, -0.25) is 19.0 Å². The van der Waals surface area contributed by atoms with Gasteiger partial charge in [-0.1, -0.05) is 60.7 Å². The van der Waals surface area contributed by atoms with Gasteiger partial charge in [-0.05, 0) is 42.3 Å². The fraction of sp³-hybridized carbons (Fsp3) is 0.241. The second kappa shape index (κ2) is 22.1. The van der Waals surface area contributed by atoms with Crippen molar-refractivity contribution in [3.8, 4) is 57.2 Å². The first kappa shape index (κ1) is 51.9. The second-order valence-electron chi connectivity index (χ2n) is 19.9. The molecule has 0 bridgehead atoms. The van der Waals surface area contributed by atoms with E-state index in [-0.39, 0.29) is 24.3 Å². The lowest BCUT2D eigenvalue weighted by molar-refractivity contribution is -0.137. The fourth-order valence-corrected chi connectivity index (χ4v) is 10.2. The maximum absolute atomic E-state index is 13.3. The number of rotatable bonds is 11. The second-order valence-corrected chi connectivity index (χ2v) is 19.9. The van der Waals surface area contributed by atoms with E-state index in [1.54, 1.807) is 74.9 Å². The number of carbonyl (C=O) groups is 2. The molecule has 0 saturated carbocycles. The van der Waals surface area contributed by atoms with Crippen molar-refractivity contribution in [3.63, 3.8) is 0 Å². The van der Waals surface area contributed by atoms with E-state index in [1.807, 2.05) is 121 Å². The lowest BCUT2D eigenvalue weighted by atomic mass is 9.91. The zero-order chi connectivity index (χ0) is 55.5. The molecule has 2 aliphatic rings. The van der Waals surface area contributed by atoms with Crippen LogP contribution in [0, 0.1) is 22.7 Å². The fourth-order valence-electron chi connectivity index (χ4n) is 10.2. The number of nitrogens with two attached hydrogens (primary N) is 2. The van der Waals surface area contributed by atoms with E-state index in [0.29, 0.717) is 97.3 Å². The van der Waals surface area contributed by atoms with Crippen LogP contribution in [0.4, 0.5) is 11.6 Å². The van der Waals surface area contributed by atoms with Crippen molar-refractivity contribution in [2.75, 3.05) is 68.7 Å². The molecule has 0 radical (unpaired) electrons. The average Bonchev–Trinajstić information content (AvgIpc) is 4.42. The summed E-state index contributed by atoms with van der Waals surface area (Å²) in [5.41, 5.74) is 21.1. The predicted molar refractivity (Wildman–Crippen MR) is 300 cm³/mol. The molecule has 2 fully saturated rings. The molecule has 0 aliphatic carbocycles. The minimum atomic E-state index is -1.08. The Kier molecular flexibility index (Phi) is 14.3. The van der Waals surface area contributed by atoms with Gasteiger partial charge in [0.25, 0.3) is 0 Å². The molecule has 2 aliphatic heterocycles. The highest BCUT2D eigenvalue weighted by Crippen LogP contribution is 2.32. The molecule has 12 rings (SSSR count). The van der Waals surface area contributed by atoms with Gasteiger partial charge in [-0.25, -0.2) is 29.0 Å². The zero-order valence-corrected chi connectivity index (χ0v) is 44.3. The van der Waals surface area contributed by atoms with Crippen molar-refractivity contribution >= 4 is 34.5 Å². The van der Waals surface area contributed by atoms with Gasteiger partial charge in [-0.15, -0.1) is 0 Å². The Morgan fingerprint density at radius 1 is 0.575 bits per heavy atom. The van der Waals surface area contributed by atoms with E-state index in [2.05, 4.69) is 42.3 Å². The molecule has 2 atom stereocenters. The predicted octanol–water partition coefficient (Wildman–Crippen LogP) is 5.04. The molecule has 10 aromatic rings. The van der Waals surface area contributed by atoms with Crippen LogP contribution in [0.5, 0.6) is 0 Å². The number of fused-ring (bicyclic) bond motifs is 2. The van der Waals surface area contributed by atoms with Gasteiger partial charge in [0.05, 0.1) is 65.9 Å². The van der Waals surface area contributed by atoms with Crippen LogP contribution in [0.1, 0.15) is 35.1 Å². The number of pyridine rings is 2. The molecule has 400 valence electrons. The van der Waals surface area contributed by atoms with Crippen LogP contribution in [0.25, 0.3) is 56.1 Å². The van der Waals surface area contributed by atoms with E-state index in [9.17, 15) is 20.1 Å². The SMILES string of the molecule is Cn1cc(-c2cn3ncc(C#N)c3c(-c3ccc(N4CCN(C(=O)[C@@H](CN)c5ccccc5)CC4)nc3)n2)cn1.Cn1cc(-c2cn3ncc(C#N)c3c(-c3ccc(N4CCN(C(=O)[C@](C)(N)c5ccccc5)CC4)nc3)n2)cn1. The summed E-state index contributed by atoms with van der Waals surface area (Å²) in [6.45, 7) is 6.98. The number of benzene rings is 2. The highest BCUT2D eigenvalue weighted by atomic mass is 16.2. The summed E-state index contributed by atoms with van der Waals surface area (Å²) in [5.74, 6) is 1.28. The topological polar surface area (TPSA) is 269 Å². The Labute approximate surface area is 460 Å². The van der Waals surface area contributed by atoms with Crippen LogP contribution in [-0.2, 0) is 29.2 Å². The minimum Gasteiger partial charge on any atom is -0.353 e. The molecule has 0 spiro atoms. The molecular weight excluding hydrogens is 1010 g/mol. The third kappa shape index (κ3) is 10.3. The van der Waals surface area contributed by atoms with Crippen LogP contribution in [0.3, 0.4) is 0 Å². The van der Waals surface area contributed by atoms with Gasteiger partial charge in [-0.2, -0.15) is 30.9 Å². The molecule has 22 heteroatoms. The molecule has 2 aromatic carbocycles. The number of amides is 2. The summed E-state index contributed by atoms with van der Waals surface area (Å²) in [5, 5.41) is 36.6. The van der Waals surface area contributed by atoms with Gasteiger partial charge in [0.2, 0.25) is 11.8 Å². The van der Waals surface area contributed by atoms with E-state index in [4.69, 9.17) is 31.4 Å². The van der Waals surface area contributed by atoms with E-state index in [1.165, 1.54) is 0 Å². The first-order chi connectivity index (χ1) is 38.9. The number of hydrogen-bond acceptors (Lipinski definition) is 16. The summed E-state index contributed by atoms with van der Waals surface area (Å²) >= 11 is 0. The lowest BCUT2D eigenvalue weighted by Crippen LogP contribution is -2.56. The van der Waals surface area contributed by atoms with E-state index in [0.717, 1.165) is 45.0 Å². The maximum Gasteiger partial charge on any atom is 0.247 e. The molecular formula is C58H56N20O2. The largest absolute Gasteiger partial charge is 0.353 e. The lowest BCUT2D eigenvalue weighted by Gasteiger charge is -2.39. The first-order valence-electron chi connectivity index (χ1n) is 26.1. The Hall–Kier alpha value is -10.2. The van der Waals surface area contributed by atoms with Crippen molar-refractivity contribution in [2.24, 2.45) is 25.6 Å². The molecule has 22 nitrogen and oxygen atoms in total. The highest BCUT2D eigenvalue weighted by molar-refractivity contribution is 5.88. The number of nitriles is 2. The summed E-state index contributed by atoms with van der Waals surface area (Å²) in [4.78, 5) is 53.7. The van der Waals surface area contributed by atoms with E-state index >= 15 is 0 Å². The summed E-state index contributed by atoms with van der Waals surface area (Å²) in [7, 11) is 3.70. The Morgan fingerprint density at radius 3 is 1.45 bits per heavy atom. The van der Waals surface area contributed by atoms with Crippen molar-refractivity contribution in [2.45, 2.75) is 18.4 Å². The Balaban J connectivity index is 0.000000169. The molecule has 8 aromatic heterocycles. The zero-order valence-electron chi connectivity index (χ0n) is 44.3. The Bertz CT molecular complexity index is 3930. The molecule has 0 unspecified atom stereocenters. The maximum atomic E-state index is 13.3. The van der Waals surface area contributed by atoms with Crippen LogP contribution in [0.15, 0.2) is 147 Å². The number of carbonyl (C=O) groups excluding carboxylic acids is 2. The van der Waals surface area contributed by atoms with Gasteiger partial charge in [0, 0.05) is 120 Å². The Morgan fingerprint density at radius 2 is 1.04 bits per heavy atom. The van der Waals surface area contributed by atoms with Crippen LogP contribution < -0.4 is 21.3 Å². The quantitative estimate of drug-likeness (QED) is 0.172. The van der Waals surface area contributed by atoms with Crippen LogP contribution in [0.2, 0.25) is 0 Å². The first-order valence-corrected chi connectivity index (χ1v) is 26.1. The number of hydrogen-bond donors (Lipinski definition) is 2. The van der Waals surface area contributed by atoms with Gasteiger partial charge in [0.15, 0.2) is 0 Å². The van der Waals surface area contributed by atoms with Gasteiger partial charge < -0.3 is 31.1 Å². The molecule has 10 heterocycles. The van der Waals surface area contributed by atoms with Crippen molar-refractivity contribution in [3.05, 3.63) is 169 Å². The number of nitrogens with zero attached hydrogens (tertiary/aromatic N) is 18. The van der Waals surface area contributed by atoms with Crippen LogP contribution >= 0.6 is 0 Å². The van der Waals surface area contributed by atoms with Crippen molar-refractivity contribution in [1.82, 2.24) is 68.5 Å². The molecule has 2 amide bonds. The normalized spacial score (nSPS) is 14.7. The highest BCUT2D eigenvalue weighted by Gasteiger charge is 2.36. The smallest absolute Gasteiger partial charge is 0.247 e. The number of anilines is 2. The van der Waals surface area contributed by atoms with Gasteiger partial charge in [0.1, 0.15) is 51.5 Å². The minimum absolute atomic E-state index is 0.0642. The summed E-state index contributed by atoms with van der Waals surface area (Å²) < 4.78 is 6.78. The third-order valence-corrected chi connectivity index (χ3v) is 14.6. The number of piperazine rings is 2. The number of aromatic nitrogens is 12. The van der Waals surface area contributed by atoms with Crippen molar-refractivity contribution < 1.29 is 9.59 Å². The summed E-state index contributed by atoms with van der Waals surface area (Å²) in [6, 6.07) is 31.4. The van der Waals surface area contributed by atoms with Gasteiger partial charge >= 0.3 is 0 Å². The van der Waals surface area contributed by atoms with E-state index < -0.39 is 5.54 Å². The molecule has 4 N–H and O–H groups in total.